The monoisotopic (exact) mass is 358 g/mol. The summed E-state index contributed by atoms with van der Waals surface area (Å²) in [6, 6.07) is 4.56. The molecule has 2 rings (SSSR count). The molecule has 2 N–H and O–H groups in total. The van der Waals surface area contributed by atoms with Gasteiger partial charge in [0.05, 0.1) is 10.0 Å². The van der Waals surface area contributed by atoms with E-state index in [-0.39, 0.29) is 39.4 Å². The number of rotatable bonds is 3. The molecule has 0 aromatic heterocycles. The van der Waals surface area contributed by atoms with Crippen LogP contribution in [0.3, 0.4) is 0 Å². The zero-order chi connectivity index (χ0) is 14.0. The van der Waals surface area contributed by atoms with Crippen LogP contribution in [0.15, 0.2) is 23.1 Å². The molecule has 1 fully saturated rings. The van der Waals surface area contributed by atoms with Crippen LogP contribution < -0.4 is 10.0 Å². The molecule has 1 saturated heterocycles. The minimum Gasteiger partial charge on any atom is -0.313 e. The van der Waals surface area contributed by atoms with Crippen molar-refractivity contribution in [1.82, 2.24) is 10.0 Å². The summed E-state index contributed by atoms with van der Waals surface area (Å²) in [5, 5.41) is 3.54. The van der Waals surface area contributed by atoms with Crippen LogP contribution in [0.5, 0.6) is 0 Å². The molecule has 0 aliphatic carbocycles. The molecular formula is C12H17Cl3N2O2S. The maximum absolute atomic E-state index is 12.3. The highest BCUT2D eigenvalue weighted by Crippen LogP contribution is 2.29. The third-order valence-corrected chi connectivity index (χ3v) is 5.74. The van der Waals surface area contributed by atoms with Crippen LogP contribution in [0.4, 0.5) is 0 Å². The molecule has 1 heterocycles. The normalized spacial score (nSPS) is 23.1. The molecule has 20 heavy (non-hydrogen) atoms. The fourth-order valence-corrected chi connectivity index (χ4v) is 4.27. The van der Waals surface area contributed by atoms with Gasteiger partial charge in [0.15, 0.2) is 0 Å². The van der Waals surface area contributed by atoms with E-state index in [0.717, 1.165) is 19.4 Å². The van der Waals surface area contributed by atoms with Crippen molar-refractivity contribution < 1.29 is 8.42 Å². The summed E-state index contributed by atoms with van der Waals surface area (Å²) in [5.74, 6) is 0. The Bertz CT molecular complexity index is 566. The molecule has 1 aromatic carbocycles. The first-order chi connectivity index (χ1) is 8.92. The van der Waals surface area contributed by atoms with Gasteiger partial charge in [-0.15, -0.1) is 12.4 Å². The quantitative estimate of drug-likeness (QED) is 0.872. The first kappa shape index (κ1) is 18.0. The molecule has 0 bridgehead atoms. The summed E-state index contributed by atoms with van der Waals surface area (Å²) >= 11 is 11.8. The highest BCUT2D eigenvalue weighted by atomic mass is 35.5. The van der Waals surface area contributed by atoms with Crippen LogP contribution in [0, 0.1) is 0 Å². The Labute approximate surface area is 135 Å². The standard InChI is InChI=1S/C12H16Cl2N2O2S.ClH/c1-8-10(5-3-7-15-8)16-19(17,18)11-6-2-4-9(13)12(11)14;/h2,4,6,8,10,15-16H,3,5,7H2,1H3;1H. The summed E-state index contributed by atoms with van der Waals surface area (Å²) in [4.78, 5) is 0.0273. The molecule has 2 unspecified atom stereocenters. The van der Waals surface area contributed by atoms with E-state index < -0.39 is 10.0 Å². The van der Waals surface area contributed by atoms with Gasteiger partial charge in [0.2, 0.25) is 10.0 Å². The number of piperidine rings is 1. The van der Waals surface area contributed by atoms with Crippen LogP contribution in [-0.2, 0) is 10.0 Å². The zero-order valence-electron chi connectivity index (χ0n) is 10.9. The highest BCUT2D eigenvalue weighted by Gasteiger charge is 2.28. The van der Waals surface area contributed by atoms with Gasteiger partial charge in [-0.05, 0) is 38.4 Å². The van der Waals surface area contributed by atoms with Crippen LogP contribution in [-0.4, -0.2) is 27.0 Å². The largest absolute Gasteiger partial charge is 0.313 e. The summed E-state index contributed by atoms with van der Waals surface area (Å²) in [6.45, 7) is 2.88. The molecular weight excluding hydrogens is 343 g/mol. The Morgan fingerprint density at radius 2 is 2.05 bits per heavy atom. The number of halogens is 3. The lowest BCUT2D eigenvalue weighted by Crippen LogP contribution is -2.51. The molecule has 1 aromatic rings. The lowest BCUT2D eigenvalue weighted by Gasteiger charge is -2.30. The van der Waals surface area contributed by atoms with E-state index in [4.69, 9.17) is 23.2 Å². The summed E-state index contributed by atoms with van der Waals surface area (Å²) < 4.78 is 27.4. The zero-order valence-corrected chi connectivity index (χ0v) is 14.0. The van der Waals surface area contributed by atoms with Gasteiger partial charge in [-0.2, -0.15) is 0 Å². The average molecular weight is 360 g/mol. The van der Waals surface area contributed by atoms with Crippen molar-refractivity contribution in [3.05, 3.63) is 28.2 Å². The SMILES string of the molecule is CC1NCCCC1NS(=O)(=O)c1cccc(Cl)c1Cl.Cl. The predicted octanol–water partition coefficient (Wildman–Crippen LogP) is 2.83. The second-order valence-corrected chi connectivity index (χ2v) is 7.13. The molecule has 1 aliphatic rings. The minimum atomic E-state index is -3.65. The van der Waals surface area contributed by atoms with Crippen molar-refractivity contribution in [2.45, 2.75) is 36.7 Å². The van der Waals surface area contributed by atoms with E-state index in [0.29, 0.717) is 0 Å². The van der Waals surface area contributed by atoms with Crippen LogP contribution >= 0.6 is 35.6 Å². The minimum absolute atomic E-state index is 0. The van der Waals surface area contributed by atoms with E-state index in [1.165, 1.54) is 6.07 Å². The molecule has 2 atom stereocenters. The van der Waals surface area contributed by atoms with Crippen LogP contribution in [0.2, 0.25) is 10.0 Å². The first-order valence-corrected chi connectivity index (χ1v) is 8.35. The van der Waals surface area contributed by atoms with Gasteiger partial charge in [0.1, 0.15) is 4.90 Å². The molecule has 1 aliphatic heterocycles. The van der Waals surface area contributed by atoms with Gasteiger partial charge in [-0.1, -0.05) is 29.3 Å². The summed E-state index contributed by atoms with van der Waals surface area (Å²) in [5.41, 5.74) is 0. The van der Waals surface area contributed by atoms with E-state index in [1.54, 1.807) is 12.1 Å². The molecule has 0 spiro atoms. The molecule has 0 radical (unpaired) electrons. The van der Waals surface area contributed by atoms with Crippen LogP contribution in [0.25, 0.3) is 0 Å². The van der Waals surface area contributed by atoms with E-state index in [9.17, 15) is 8.42 Å². The Hall–Kier alpha value is -0.0400. The Morgan fingerprint density at radius 1 is 1.35 bits per heavy atom. The van der Waals surface area contributed by atoms with E-state index in [2.05, 4.69) is 10.0 Å². The second-order valence-electron chi connectivity index (χ2n) is 4.66. The molecule has 0 saturated carbocycles. The Morgan fingerprint density at radius 3 is 2.70 bits per heavy atom. The summed E-state index contributed by atoms with van der Waals surface area (Å²) in [6.07, 6.45) is 1.76. The van der Waals surface area contributed by atoms with Gasteiger partial charge >= 0.3 is 0 Å². The Balaban J connectivity index is 0.00000200. The number of hydrogen-bond donors (Lipinski definition) is 2. The van der Waals surface area contributed by atoms with Gasteiger partial charge in [-0.25, -0.2) is 13.1 Å². The van der Waals surface area contributed by atoms with Gasteiger partial charge in [0, 0.05) is 12.1 Å². The van der Waals surface area contributed by atoms with Crippen molar-refractivity contribution in [2.75, 3.05) is 6.54 Å². The van der Waals surface area contributed by atoms with Crippen molar-refractivity contribution in [2.24, 2.45) is 0 Å². The smallest absolute Gasteiger partial charge is 0.242 e. The number of nitrogens with one attached hydrogen (secondary N) is 2. The lowest BCUT2D eigenvalue weighted by molar-refractivity contribution is 0.349. The number of benzene rings is 1. The topological polar surface area (TPSA) is 58.2 Å². The van der Waals surface area contributed by atoms with Gasteiger partial charge < -0.3 is 5.32 Å². The fourth-order valence-electron chi connectivity index (χ4n) is 2.16. The maximum Gasteiger partial charge on any atom is 0.242 e. The summed E-state index contributed by atoms with van der Waals surface area (Å²) in [7, 11) is -3.65. The molecule has 114 valence electrons. The molecule has 4 nitrogen and oxygen atoms in total. The highest BCUT2D eigenvalue weighted by molar-refractivity contribution is 7.89. The van der Waals surface area contributed by atoms with E-state index in [1.807, 2.05) is 6.92 Å². The Kier molecular flexibility index (Phi) is 6.57. The first-order valence-electron chi connectivity index (χ1n) is 6.11. The molecule has 0 amide bonds. The van der Waals surface area contributed by atoms with Gasteiger partial charge in [0.25, 0.3) is 0 Å². The third-order valence-electron chi connectivity index (χ3n) is 3.27. The van der Waals surface area contributed by atoms with Crippen molar-refractivity contribution in [1.29, 1.82) is 0 Å². The van der Waals surface area contributed by atoms with Crippen LogP contribution in [0.1, 0.15) is 19.8 Å². The van der Waals surface area contributed by atoms with E-state index >= 15 is 0 Å². The number of sulfonamides is 1. The predicted molar refractivity (Wildman–Crippen MR) is 84.5 cm³/mol. The van der Waals surface area contributed by atoms with Crippen molar-refractivity contribution in [3.8, 4) is 0 Å². The second kappa shape index (κ2) is 7.29. The average Bonchev–Trinajstić information content (AvgIpc) is 2.35. The molecule has 8 heteroatoms. The number of hydrogen-bond acceptors (Lipinski definition) is 3. The lowest BCUT2D eigenvalue weighted by atomic mass is 10.0. The van der Waals surface area contributed by atoms with Gasteiger partial charge in [-0.3, -0.25) is 0 Å². The van der Waals surface area contributed by atoms with Crippen molar-refractivity contribution in [3.63, 3.8) is 0 Å². The fraction of sp³-hybridized carbons (Fsp3) is 0.500. The third kappa shape index (κ3) is 4.00. The maximum atomic E-state index is 12.3. The van der Waals surface area contributed by atoms with Crippen molar-refractivity contribution >= 4 is 45.6 Å².